The smallest absolute Gasteiger partial charge is 0.0587 e. The molecular formula is C15H27N3O. The van der Waals surface area contributed by atoms with E-state index in [1.165, 1.54) is 0 Å². The molecule has 1 rings (SSSR count). The molecule has 1 unspecified atom stereocenters. The van der Waals surface area contributed by atoms with E-state index in [-0.39, 0.29) is 0 Å². The van der Waals surface area contributed by atoms with Crippen molar-refractivity contribution in [1.82, 2.24) is 15.2 Å². The topological polar surface area (TPSA) is 37.4 Å². The van der Waals surface area contributed by atoms with Gasteiger partial charge in [0.1, 0.15) is 0 Å². The summed E-state index contributed by atoms with van der Waals surface area (Å²) in [6.45, 7) is 11.1. The number of nitrogens with zero attached hydrogens (tertiary/aromatic N) is 2. The molecule has 1 N–H and O–H groups in total. The molecule has 0 bridgehead atoms. The van der Waals surface area contributed by atoms with Crippen LogP contribution in [0.1, 0.15) is 25.2 Å². The van der Waals surface area contributed by atoms with Crippen LogP contribution in [0.4, 0.5) is 0 Å². The Bertz CT molecular complexity index is 357. The second kappa shape index (κ2) is 9.02. The van der Waals surface area contributed by atoms with Crippen LogP contribution < -0.4 is 5.32 Å². The minimum atomic E-state index is 0.490. The number of ether oxygens (including phenoxy) is 1. The fraction of sp³-hybridized carbons (Fsp3) is 0.667. The molecule has 1 aromatic heterocycles. The zero-order valence-electron chi connectivity index (χ0n) is 12.6. The summed E-state index contributed by atoms with van der Waals surface area (Å²) in [6.07, 6.45) is 0. The third-order valence-corrected chi connectivity index (χ3v) is 3.26. The summed E-state index contributed by atoms with van der Waals surface area (Å²) in [5.74, 6) is 0. The van der Waals surface area contributed by atoms with Gasteiger partial charge in [-0.3, -0.25) is 9.88 Å². The summed E-state index contributed by atoms with van der Waals surface area (Å²) in [5, 5.41) is 3.41. The van der Waals surface area contributed by atoms with Crippen LogP contribution in [0.25, 0.3) is 0 Å². The summed E-state index contributed by atoms with van der Waals surface area (Å²) in [7, 11) is 1.73. The lowest BCUT2D eigenvalue weighted by Crippen LogP contribution is -2.40. The highest BCUT2D eigenvalue weighted by Crippen LogP contribution is 2.06. The average Bonchev–Trinajstić information content (AvgIpc) is 2.41. The molecule has 0 saturated heterocycles. The van der Waals surface area contributed by atoms with Crippen molar-refractivity contribution in [2.75, 3.05) is 33.4 Å². The summed E-state index contributed by atoms with van der Waals surface area (Å²) in [6, 6.07) is 6.70. The van der Waals surface area contributed by atoms with Gasteiger partial charge in [-0.2, -0.15) is 0 Å². The van der Waals surface area contributed by atoms with Crippen LogP contribution in [-0.2, 0) is 11.3 Å². The minimum Gasteiger partial charge on any atom is -0.383 e. The summed E-state index contributed by atoms with van der Waals surface area (Å²) in [4.78, 5) is 7.00. The minimum absolute atomic E-state index is 0.490. The van der Waals surface area contributed by atoms with Gasteiger partial charge in [0.2, 0.25) is 0 Å². The van der Waals surface area contributed by atoms with Crippen LogP contribution in [0, 0.1) is 6.92 Å². The largest absolute Gasteiger partial charge is 0.383 e. The van der Waals surface area contributed by atoms with Crippen LogP contribution in [-0.4, -0.2) is 49.3 Å². The fourth-order valence-corrected chi connectivity index (χ4v) is 2.09. The van der Waals surface area contributed by atoms with E-state index in [4.69, 9.17) is 4.74 Å². The number of aryl methyl sites for hydroxylation is 1. The van der Waals surface area contributed by atoms with Gasteiger partial charge in [0.05, 0.1) is 12.3 Å². The van der Waals surface area contributed by atoms with Crippen LogP contribution >= 0.6 is 0 Å². The zero-order chi connectivity index (χ0) is 14.1. The Kier molecular flexibility index (Phi) is 7.63. The van der Waals surface area contributed by atoms with Gasteiger partial charge >= 0.3 is 0 Å². The molecule has 0 amide bonds. The average molecular weight is 265 g/mol. The van der Waals surface area contributed by atoms with Crippen LogP contribution in [0.15, 0.2) is 18.2 Å². The van der Waals surface area contributed by atoms with Gasteiger partial charge in [-0.15, -0.1) is 0 Å². The van der Waals surface area contributed by atoms with E-state index in [0.717, 1.165) is 44.2 Å². The maximum atomic E-state index is 5.03. The second-order valence-electron chi connectivity index (χ2n) is 4.88. The van der Waals surface area contributed by atoms with Crippen molar-refractivity contribution in [3.63, 3.8) is 0 Å². The highest BCUT2D eigenvalue weighted by atomic mass is 16.5. The Labute approximate surface area is 117 Å². The molecule has 1 heterocycles. The number of aromatic nitrogens is 1. The number of hydrogen-bond acceptors (Lipinski definition) is 4. The van der Waals surface area contributed by atoms with E-state index in [9.17, 15) is 0 Å². The normalized spacial score (nSPS) is 12.9. The van der Waals surface area contributed by atoms with Gasteiger partial charge in [0, 0.05) is 38.5 Å². The Morgan fingerprint density at radius 3 is 2.84 bits per heavy atom. The van der Waals surface area contributed by atoms with E-state index in [0.29, 0.717) is 6.04 Å². The van der Waals surface area contributed by atoms with Crippen molar-refractivity contribution in [1.29, 1.82) is 0 Å². The van der Waals surface area contributed by atoms with Gasteiger partial charge < -0.3 is 10.1 Å². The predicted molar refractivity (Wildman–Crippen MR) is 79.3 cm³/mol. The van der Waals surface area contributed by atoms with Gasteiger partial charge in [-0.25, -0.2) is 0 Å². The van der Waals surface area contributed by atoms with E-state index in [2.05, 4.69) is 41.2 Å². The van der Waals surface area contributed by atoms with Gasteiger partial charge in [0.15, 0.2) is 0 Å². The molecule has 0 aromatic carbocycles. The highest BCUT2D eigenvalue weighted by Gasteiger charge is 2.12. The van der Waals surface area contributed by atoms with E-state index in [1.54, 1.807) is 7.11 Å². The summed E-state index contributed by atoms with van der Waals surface area (Å²) >= 11 is 0. The van der Waals surface area contributed by atoms with Crippen molar-refractivity contribution in [2.45, 2.75) is 33.4 Å². The Morgan fingerprint density at radius 2 is 2.21 bits per heavy atom. The molecule has 0 aliphatic rings. The molecule has 0 aliphatic heterocycles. The molecule has 0 saturated carbocycles. The lowest BCUT2D eigenvalue weighted by atomic mass is 10.2. The van der Waals surface area contributed by atoms with Crippen molar-refractivity contribution >= 4 is 0 Å². The number of methoxy groups -OCH3 is 1. The second-order valence-corrected chi connectivity index (χ2v) is 4.88. The Balaban J connectivity index is 2.43. The molecule has 4 nitrogen and oxygen atoms in total. The van der Waals surface area contributed by atoms with E-state index in [1.807, 2.05) is 13.0 Å². The molecule has 19 heavy (non-hydrogen) atoms. The highest BCUT2D eigenvalue weighted by molar-refractivity contribution is 5.09. The predicted octanol–water partition coefficient (Wildman–Crippen LogP) is 1.84. The number of rotatable bonds is 9. The van der Waals surface area contributed by atoms with Gasteiger partial charge in [-0.05, 0) is 32.5 Å². The van der Waals surface area contributed by atoms with Crippen LogP contribution in [0.2, 0.25) is 0 Å². The van der Waals surface area contributed by atoms with Crippen molar-refractivity contribution in [3.8, 4) is 0 Å². The Morgan fingerprint density at radius 1 is 1.42 bits per heavy atom. The molecule has 0 fully saturated rings. The third kappa shape index (κ3) is 6.14. The number of hydrogen-bond donors (Lipinski definition) is 1. The first kappa shape index (κ1) is 16.1. The molecule has 1 atom stereocenters. The first-order chi connectivity index (χ1) is 9.17. The van der Waals surface area contributed by atoms with Gasteiger partial charge in [-0.1, -0.05) is 13.0 Å². The van der Waals surface area contributed by atoms with E-state index >= 15 is 0 Å². The first-order valence-electron chi connectivity index (χ1n) is 7.03. The molecule has 108 valence electrons. The lowest BCUT2D eigenvalue weighted by molar-refractivity contribution is 0.181. The van der Waals surface area contributed by atoms with Crippen LogP contribution in [0.5, 0.6) is 0 Å². The number of nitrogens with one attached hydrogen (secondary N) is 1. The number of pyridine rings is 1. The Hall–Kier alpha value is -0.970. The van der Waals surface area contributed by atoms with Crippen molar-refractivity contribution in [2.24, 2.45) is 0 Å². The third-order valence-electron chi connectivity index (χ3n) is 3.26. The molecule has 0 spiro atoms. The SMILES string of the molecule is CCN(Cc1cccc(C)n1)C(C)CNCCOC. The van der Waals surface area contributed by atoms with Gasteiger partial charge in [0.25, 0.3) is 0 Å². The zero-order valence-corrected chi connectivity index (χ0v) is 12.6. The fourth-order valence-electron chi connectivity index (χ4n) is 2.09. The lowest BCUT2D eigenvalue weighted by Gasteiger charge is -2.27. The number of likely N-dealkylation sites (N-methyl/N-ethyl adjacent to an activating group) is 1. The maximum absolute atomic E-state index is 5.03. The van der Waals surface area contributed by atoms with Crippen molar-refractivity contribution < 1.29 is 4.74 Å². The quantitative estimate of drug-likeness (QED) is 0.691. The molecular weight excluding hydrogens is 238 g/mol. The first-order valence-corrected chi connectivity index (χ1v) is 7.03. The summed E-state index contributed by atoms with van der Waals surface area (Å²) < 4.78 is 5.03. The maximum Gasteiger partial charge on any atom is 0.0587 e. The van der Waals surface area contributed by atoms with Crippen molar-refractivity contribution in [3.05, 3.63) is 29.6 Å². The monoisotopic (exact) mass is 265 g/mol. The molecule has 0 aliphatic carbocycles. The standard InChI is InChI=1S/C15H27N3O/c1-5-18(14(3)11-16-9-10-19-4)12-15-8-6-7-13(2)17-15/h6-8,14,16H,5,9-12H2,1-4H3. The molecule has 0 radical (unpaired) electrons. The molecule has 1 aromatic rings. The summed E-state index contributed by atoms with van der Waals surface area (Å²) in [5.41, 5.74) is 2.23. The molecule has 4 heteroatoms. The van der Waals surface area contributed by atoms with E-state index < -0.39 is 0 Å². The van der Waals surface area contributed by atoms with Crippen LogP contribution in [0.3, 0.4) is 0 Å².